The standard InChI is InChI=1S/C20H21FN6O4S/c1-11-8-14(6-7-17(11)31-12(2)18(22)28)25-19-16(21)10-24-20(27-19)26-13-4-3-5-15(9-13)32(23,29)30/h3-10,12H,1-2H3,(H2,22,28)(H2,23,29,30)(H2,24,25,26,27). The molecule has 12 heteroatoms. The van der Waals surface area contributed by atoms with Crippen molar-refractivity contribution in [2.45, 2.75) is 24.8 Å². The molecule has 0 bridgehead atoms. The van der Waals surface area contributed by atoms with E-state index in [1.54, 1.807) is 31.2 Å². The molecule has 0 radical (unpaired) electrons. The Hall–Kier alpha value is -3.77. The van der Waals surface area contributed by atoms with Gasteiger partial charge in [0.05, 0.1) is 11.1 Å². The number of anilines is 4. The van der Waals surface area contributed by atoms with Gasteiger partial charge in [0, 0.05) is 11.4 Å². The first kappa shape index (κ1) is 22.9. The van der Waals surface area contributed by atoms with E-state index < -0.39 is 27.9 Å². The number of aromatic nitrogens is 2. The lowest BCUT2D eigenvalue weighted by atomic mass is 10.2. The number of ether oxygens (including phenoxy) is 1. The lowest BCUT2D eigenvalue weighted by Gasteiger charge is -2.15. The van der Waals surface area contributed by atoms with Gasteiger partial charge >= 0.3 is 0 Å². The highest BCUT2D eigenvalue weighted by molar-refractivity contribution is 7.89. The third kappa shape index (κ3) is 5.68. The van der Waals surface area contributed by atoms with E-state index in [-0.39, 0.29) is 16.7 Å². The predicted molar refractivity (Wildman–Crippen MR) is 117 cm³/mol. The summed E-state index contributed by atoms with van der Waals surface area (Å²) in [7, 11) is -3.88. The van der Waals surface area contributed by atoms with Crippen LogP contribution in [0.3, 0.4) is 0 Å². The summed E-state index contributed by atoms with van der Waals surface area (Å²) >= 11 is 0. The largest absolute Gasteiger partial charge is 0.481 e. The number of nitrogens with zero attached hydrogens (tertiary/aromatic N) is 2. The van der Waals surface area contributed by atoms with Crippen molar-refractivity contribution in [2.24, 2.45) is 10.9 Å². The third-order valence-electron chi connectivity index (χ3n) is 4.30. The first-order chi connectivity index (χ1) is 15.0. The number of sulfonamides is 1. The van der Waals surface area contributed by atoms with Crippen molar-refractivity contribution in [2.75, 3.05) is 10.6 Å². The molecule has 0 spiro atoms. The molecule has 1 amide bonds. The van der Waals surface area contributed by atoms with E-state index in [2.05, 4.69) is 20.6 Å². The minimum Gasteiger partial charge on any atom is -0.481 e. The number of hydrogen-bond donors (Lipinski definition) is 4. The van der Waals surface area contributed by atoms with E-state index >= 15 is 0 Å². The molecular weight excluding hydrogens is 439 g/mol. The fourth-order valence-corrected chi connectivity index (χ4v) is 3.20. The van der Waals surface area contributed by atoms with Crippen LogP contribution in [0.15, 0.2) is 53.6 Å². The number of amides is 1. The number of benzene rings is 2. The average molecular weight is 460 g/mol. The van der Waals surface area contributed by atoms with E-state index in [1.807, 2.05) is 0 Å². The molecule has 3 aromatic rings. The molecular formula is C20H21FN6O4S. The van der Waals surface area contributed by atoms with Crippen LogP contribution >= 0.6 is 0 Å². The number of hydrogen-bond acceptors (Lipinski definition) is 8. The molecule has 1 unspecified atom stereocenters. The van der Waals surface area contributed by atoms with E-state index in [9.17, 15) is 17.6 Å². The molecule has 0 aliphatic rings. The Bertz CT molecular complexity index is 1270. The molecule has 0 saturated heterocycles. The topological polar surface area (TPSA) is 162 Å². The molecule has 6 N–H and O–H groups in total. The lowest BCUT2D eigenvalue weighted by Crippen LogP contribution is -2.30. The van der Waals surface area contributed by atoms with E-state index in [1.165, 1.54) is 25.1 Å². The quantitative estimate of drug-likeness (QED) is 0.398. The average Bonchev–Trinajstić information content (AvgIpc) is 2.72. The minimum atomic E-state index is -3.88. The number of carbonyl (C=O) groups excluding carboxylic acids is 1. The highest BCUT2D eigenvalue weighted by Crippen LogP contribution is 2.26. The van der Waals surface area contributed by atoms with Crippen molar-refractivity contribution >= 4 is 39.1 Å². The normalized spacial score (nSPS) is 12.1. The summed E-state index contributed by atoms with van der Waals surface area (Å²) < 4.78 is 42.8. The molecule has 1 atom stereocenters. The van der Waals surface area contributed by atoms with Crippen LogP contribution in [0.4, 0.5) is 27.5 Å². The first-order valence-electron chi connectivity index (χ1n) is 9.29. The number of aryl methyl sites for hydroxylation is 1. The Morgan fingerprint density at radius 2 is 1.88 bits per heavy atom. The van der Waals surface area contributed by atoms with Gasteiger partial charge < -0.3 is 21.1 Å². The Kier molecular flexibility index (Phi) is 6.55. The predicted octanol–water partition coefficient (Wildman–Crippen LogP) is 2.31. The first-order valence-corrected chi connectivity index (χ1v) is 10.8. The molecule has 0 aliphatic carbocycles. The Balaban J connectivity index is 1.79. The summed E-state index contributed by atoms with van der Waals surface area (Å²) in [6, 6.07) is 10.7. The number of carbonyl (C=O) groups is 1. The van der Waals surface area contributed by atoms with Crippen LogP contribution < -0.4 is 26.2 Å². The maximum atomic E-state index is 14.3. The van der Waals surface area contributed by atoms with Gasteiger partial charge in [0.2, 0.25) is 16.0 Å². The summed E-state index contributed by atoms with van der Waals surface area (Å²) in [5.74, 6) is -0.906. The molecule has 2 aromatic carbocycles. The van der Waals surface area contributed by atoms with Crippen molar-refractivity contribution in [3.05, 3.63) is 60.0 Å². The number of primary amides is 1. The fourth-order valence-electron chi connectivity index (χ4n) is 2.64. The molecule has 1 aromatic heterocycles. The van der Waals surface area contributed by atoms with Crippen LogP contribution in [-0.4, -0.2) is 30.4 Å². The Labute approximate surface area is 183 Å². The van der Waals surface area contributed by atoms with Crippen LogP contribution in [0.1, 0.15) is 12.5 Å². The van der Waals surface area contributed by atoms with E-state index in [0.717, 1.165) is 6.20 Å². The second-order valence-electron chi connectivity index (χ2n) is 6.86. The SMILES string of the molecule is Cc1cc(Nc2nc(Nc3cccc(S(N)(=O)=O)c3)ncc2F)ccc1OC(C)C(N)=O. The van der Waals surface area contributed by atoms with Crippen LogP contribution in [0.5, 0.6) is 5.75 Å². The number of nitrogens with one attached hydrogen (secondary N) is 2. The van der Waals surface area contributed by atoms with E-state index in [4.69, 9.17) is 15.6 Å². The summed E-state index contributed by atoms with van der Waals surface area (Å²) in [5, 5.41) is 10.8. The van der Waals surface area contributed by atoms with Crippen molar-refractivity contribution in [3.63, 3.8) is 0 Å². The van der Waals surface area contributed by atoms with Gasteiger partial charge in [-0.15, -0.1) is 0 Å². The maximum absolute atomic E-state index is 14.3. The van der Waals surface area contributed by atoms with Crippen LogP contribution in [-0.2, 0) is 14.8 Å². The molecule has 0 aliphatic heterocycles. The number of rotatable bonds is 8. The summed E-state index contributed by atoms with van der Waals surface area (Å²) in [6.45, 7) is 3.30. The van der Waals surface area contributed by atoms with Gasteiger partial charge in [0.15, 0.2) is 17.7 Å². The summed E-state index contributed by atoms with van der Waals surface area (Å²) in [6.07, 6.45) is 0.174. The highest BCUT2D eigenvalue weighted by atomic mass is 32.2. The van der Waals surface area contributed by atoms with Gasteiger partial charge in [-0.2, -0.15) is 4.98 Å². The highest BCUT2D eigenvalue weighted by Gasteiger charge is 2.14. The molecule has 0 saturated carbocycles. The lowest BCUT2D eigenvalue weighted by molar-refractivity contribution is -0.123. The van der Waals surface area contributed by atoms with Gasteiger partial charge in [-0.25, -0.2) is 22.9 Å². The third-order valence-corrected chi connectivity index (χ3v) is 5.22. The molecule has 32 heavy (non-hydrogen) atoms. The van der Waals surface area contributed by atoms with Crippen LogP contribution in [0.25, 0.3) is 0 Å². The van der Waals surface area contributed by atoms with Crippen molar-refractivity contribution in [3.8, 4) is 5.75 Å². The molecule has 0 fully saturated rings. The number of nitrogens with two attached hydrogens (primary N) is 2. The van der Waals surface area contributed by atoms with Gasteiger partial charge in [-0.1, -0.05) is 6.07 Å². The Morgan fingerprint density at radius 1 is 1.16 bits per heavy atom. The van der Waals surface area contributed by atoms with Crippen LogP contribution in [0, 0.1) is 12.7 Å². The minimum absolute atomic E-state index is 0.0347. The zero-order valence-corrected chi connectivity index (χ0v) is 18.0. The number of halogens is 1. The van der Waals surface area contributed by atoms with Gasteiger partial charge in [0.25, 0.3) is 5.91 Å². The summed E-state index contributed by atoms with van der Waals surface area (Å²) in [4.78, 5) is 19.1. The zero-order chi connectivity index (χ0) is 23.5. The second kappa shape index (κ2) is 9.16. The molecule has 3 rings (SSSR count). The Morgan fingerprint density at radius 3 is 2.53 bits per heavy atom. The van der Waals surface area contributed by atoms with Gasteiger partial charge in [0.1, 0.15) is 5.75 Å². The molecule has 1 heterocycles. The van der Waals surface area contributed by atoms with Crippen molar-refractivity contribution in [1.29, 1.82) is 0 Å². The smallest absolute Gasteiger partial charge is 0.258 e. The zero-order valence-electron chi connectivity index (χ0n) is 17.2. The van der Waals surface area contributed by atoms with Gasteiger partial charge in [-0.3, -0.25) is 4.79 Å². The number of primary sulfonamides is 1. The maximum Gasteiger partial charge on any atom is 0.258 e. The van der Waals surface area contributed by atoms with Crippen molar-refractivity contribution < 1.29 is 22.3 Å². The van der Waals surface area contributed by atoms with Gasteiger partial charge in [-0.05, 0) is 55.8 Å². The molecule has 168 valence electrons. The molecule has 10 nitrogen and oxygen atoms in total. The fraction of sp³-hybridized carbons (Fsp3) is 0.150. The summed E-state index contributed by atoms with van der Waals surface area (Å²) in [5.41, 5.74) is 6.77. The van der Waals surface area contributed by atoms with E-state index in [0.29, 0.717) is 22.7 Å². The monoisotopic (exact) mass is 460 g/mol. The van der Waals surface area contributed by atoms with Crippen LogP contribution in [0.2, 0.25) is 0 Å². The second-order valence-corrected chi connectivity index (χ2v) is 8.42. The van der Waals surface area contributed by atoms with Crippen molar-refractivity contribution in [1.82, 2.24) is 9.97 Å².